The first-order valence-corrected chi connectivity index (χ1v) is 5.54. The molecular formula is C12H14N2O3. The molecule has 2 rings (SSSR count). The Morgan fingerprint density at radius 1 is 1.53 bits per heavy atom. The fourth-order valence-electron chi connectivity index (χ4n) is 1.92. The first-order valence-electron chi connectivity index (χ1n) is 5.54. The van der Waals surface area contributed by atoms with Gasteiger partial charge in [-0.1, -0.05) is 13.0 Å². The number of benzene rings is 1. The second kappa shape index (κ2) is 4.45. The summed E-state index contributed by atoms with van der Waals surface area (Å²) in [6, 6.07) is 4.82. The van der Waals surface area contributed by atoms with Gasteiger partial charge in [0.15, 0.2) is 0 Å². The largest absolute Gasteiger partial charge is 0.478 e. The Balaban J connectivity index is 2.48. The summed E-state index contributed by atoms with van der Waals surface area (Å²) in [6.07, 6.45) is 1.12. The van der Waals surface area contributed by atoms with Crippen LogP contribution >= 0.6 is 0 Å². The van der Waals surface area contributed by atoms with Gasteiger partial charge < -0.3 is 15.7 Å². The predicted molar refractivity (Wildman–Crippen MR) is 64.3 cm³/mol. The monoisotopic (exact) mass is 234 g/mol. The Labute approximate surface area is 98.8 Å². The minimum absolute atomic E-state index is 0.0308. The van der Waals surface area contributed by atoms with E-state index in [1.807, 2.05) is 6.92 Å². The van der Waals surface area contributed by atoms with Gasteiger partial charge in [0.25, 0.3) is 0 Å². The predicted octanol–water partition coefficient (Wildman–Crippen LogP) is 1.92. The molecule has 0 radical (unpaired) electrons. The zero-order chi connectivity index (χ0) is 12.4. The maximum absolute atomic E-state index is 11.6. The van der Waals surface area contributed by atoms with Crippen molar-refractivity contribution in [3.8, 4) is 0 Å². The van der Waals surface area contributed by atoms with Crippen LogP contribution in [0.25, 0.3) is 0 Å². The molecular weight excluding hydrogens is 220 g/mol. The highest BCUT2D eigenvalue weighted by Gasteiger charge is 2.23. The smallest absolute Gasteiger partial charge is 0.337 e. The maximum atomic E-state index is 11.6. The summed E-state index contributed by atoms with van der Waals surface area (Å²) in [5.74, 6) is -1.09. The van der Waals surface area contributed by atoms with Crippen molar-refractivity contribution < 1.29 is 14.7 Å². The number of para-hydroxylation sites is 1. The lowest BCUT2D eigenvalue weighted by Crippen LogP contribution is -2.22. The molecule has 1 aliphatic rings. The lowest BCUT2D eigenvalue weighted by Gasteiger charge is -2.16. The Morgan fingerprint density at radius 3 is 2.94 bits per heavy atom. The van der Waals surface area contributed by atoms with Crippen molar-refractivity contribution in [2.45, 2.75) is 25.8 Å². The molecule has 5 heteroatoms. The highest BCUT2D eigenvalue weighted by molar-refractivity contribution is 6.03. The first-order chi connectivity index (χ1) is 8.11. The van der Waals surface area contributed by atoms with E-state index in [2.05, 4.69) is 10.6 Å². The van der Waals surface area contributed by atoms with E-state index in [1.54, 1.807) is 12.1 Å². The normalized spacial score (nSPS) is 18.6. The van der Waals surface area contributed by atoms with Gasteiger partial charge in [-0.3, -0.25) is 4.79 Å². The van der Waals surface area contributed by atoms with Gasteiger partial charge in [-0.2, -0.15) is 0 Å². The lowest BCUT2D eigenvalue weighted by atomic mass is 10.1. The Bertz CT molecular complexity index is 471. The molecule has 0 bridgehead atoms. The molecule has 1 heterocycles. The van der Waals surface area contributed by atoms with Crippen LogP contribution in [0, 0.1) is 0 Å². The van der Waals surface area contributed by atoms with Crippen molar-refractivity contribution in [3.63, 3.8) is 0 Å². The second-order valence-electron chi connectivity index (χ2n) is 4.04. The third kappa shape index (κ3) is 2.22. The number of hydrogen-bond acceptors (Lipinski definition) is 3. The molecule has 90 valence electrons. The molecule has 0 aromatic heterocycles. The zero-order valence-corrected chi connectivity index (χ0v) is 9.49. The van der Waals surface area contributed by atoms with Gasteiger partial charge in [0.05, 0.1) is 16.9 Å². The highest BCUT2D eigenvalue weighted by Crippen LogP contribution is 2.30. The molecule has 0 fully saturated rings. The molecule has 1 aromatic rings. The van der Waals surface area contributed by atoms with E-state index >= 15 is 0 Å². The Morgan fingerprint density at radius 2 is 2.29 bits per heavy atom. The van der Waals surface area contributed by atoms with Crippen molar-refractivity contribution in [2.75, 3.05) is 10.6 Å². The summed E-state index contributed by atoms with van der Waals surface area (Å²) >= 11 is 0. The fraction of sp³-hybridized carbons (Fsp3) is 0.333. The van der Waals surface area contributed by atoms with Crippen molar-refractivity contribution in [1.82, 2.24) is 0 Å². The van der Waals surface area contributed by atoms with Crippen LogP contribution in [-0.2, 0) is 4.79 Å². The second-order valence-corrected chi connectivity index (χ2v) is 4.04. The molecule has 1 atom stereocenters. The van der Waals surface area contributed by atoms with E-state index in [1.165, 1.54) is 6.07 Å². The number of carboxylic acid groups (broad SMARTS) is 1. The van der Waals surface area contributed by atoms with Crippen LogP contribution < -0.4 is 10.6 Å². The molecule has 0 spiro atoms. The van der Waals surface area contributed by atoms with E-state index in [0.717, 1.165) is 6.42 Å². The summed E-state index contributed by atoms with van der Waals surface area (Å²) in [7, 11) is 0. The number of carbonyl (C=O) groups is 2. The molecule has 1 aliphatic heterocycles. The molecule has 17 heavy (non-hydrogen) atoms. The Kier molecular flexibility index (Phi) is 2.99. The summed E-state index contributed by atoms with van der Waals surface area (Å²) < 4.78 is 0. The highest BCUT2D eigenvalue weighted by atomic mass is 16.4. The van der Waals surface area contributed by atoms with Crippen LogP contribution in [0.15, 0.2) is 18.2 Å². The average Bonchev–Trinajstić information content (AvgIpc) is 2.45. The standard InChI is InChI=1S/C12H14N2O3/c1-2-7-6-10(15)14-9-5-3-4-8(12(16)17)11(9)13-7/h3-5,7,13H,2,6H2,1H3,(H,14,15)(H,16,17). The van der Waals surface area contributed by atoms with Crippen LogP contribution in [0.4, 0.5) is 11.4 Å². The molecule has 1 aromatic carbocycles. The SMILES string of the molecule is CCC1CC(=O)Nc2cccc(C(=O)O)c2N1. The molecule has 3 N–H and O–H groups in total. The summed E-state index contributed by atoms with van der Waals surface area (Å²) in [5, 5.41) is 14.9. The molecule has 0 saturated carbocycles. The van der Waals surface area contributed by atoms with Crippen LogP contribution in [0.2, 0.25) is 0 Å². The molecule has 0 saturated heterocycles. The van der Waals surface area contributed by atoms with Gasteiger partial charge in [0, 0.05) is 12.5 Å². The van der Waals surface area contributed by atoms with Gasteiger partial charge in [-0.25, -0.2) is 4.79 Å². The maximum Gasteiger partial charge on any atom is 0.337 e. The number of fused-ring (bicyclic) bond motifs is 1. The minimum atomic E-state index is -1.000. The Hall–Kier alpha value is -2.04. The van der Waals surface area contributed by atoms with E-state index < -0.39 is 5.97 Å². The zero-order valence-electron chi connectivity index (χ0n) is 9.49. The lowest BCUT2D eigenvalue weighted by molar-refractivity contribution is -0.116. The van der Waals surface area contributed by atoms with Crippen molar-refractivity contribution in [3.05, 3.63) is 23.8 Å². The van der Waals surface area contributed by atoms with Crippen LogP contribution in [0.3, 0.4) is 0 Å². The van der Waals surface area contributed by atoms with Crippen molar-refractivity contribution in [2.24, 2.45) is 0 Å². The van der Waals surface area contributed by atoms with Crippen molar-refractivity contribution >= 4 is 23.3 Å². The molecule has 1 amide bonds. The average molecular weight is 234 g/mol. The summed E-state index contributed by atoms with van der Waals surface area (Å²) in [6.45, 7) is 1.96. The van der Waals surface area contributed by atoms with E-state index in [9.17, 15) is 9.59 Å². The van der Waals surface area contributed by atoms with E-state index in [-0.39, 0.29) is 17.5 Å². The van der Waals surface area contributed by atoms with Gasteiger partial charge in [0.2, 0.25) is 5.91 Å². The molecule has 5 nitrogen and oxygen atoms in total. The van der Waals surface area contributed by atoms with Gasteiger partial charge in [0.1, 0.15) is 0 Å². The molecule has 1 unspecified atom stereocenters. The number of amides is 1. The number of carbonyl (C=O) groups excluding carboxylic acids is 1. The minimum Gasteiger partial charge on any atom is -0.478 e. The van der Waals surface area contributed by atoms with Gasteiger partial charge >= 0.3 is 5.97 Å². The number of nitrogens with one attached hydrogen (secondary N) is 2. The number of anilines is 2. The summed E-state index contributed by atoms with van der Waals surface area (Å²) in [4.78, 5) is 22.7. The van der Waals surface area contributed by atoms with Gasteiger partial charge in [-0.05, 0) is 18.6 Å². The quantitative estimate of drug-likeness (QED) is 0.730. The van der Waals surface area contributed by atoms with Crippen molar-refractivity contribution in [1.29, 1.82) is 0 Å². The fourth-order valence-corrected chi connectivity index (χ4v) is 1.92. The number of aromatic carboxylic acids is 1. The van der Waals surface area contributed by atoms with Crippen LogP contribution in [0.1, 0.15) is 30.1 Å². The molecule has 0 aliphatic carbocycles. The number of carboxylic acids is 1. The van der Waals surface area contributed by atoms with E-state index in [0.29, 0.717) is 17.8 Å². The third-order valence-electron chi connectivity index (χ3n) is 2.84. The summed E-state index contributed by atoms with van der Waals surface area (Å²) in [5.41, 5.74) is 1.21. The van der Waals surface area contributed by atoms with E-state index in [4.69, 9.17) is 5.11 Å². The number of rotatable bonds is 2. The third-order valence-corrected chi connectivity index (χ3v) is 2.84. The van der Waals surface area contributed by atoms with Gasteiger partial charge in [-0.15, -0.1) is 0 Å². The van der Waals surface area contributed by atoms with Crippen LogP contribution in [0.5, 0.6) is 0 Å². The topological polar surface area (TPSA) is 78.4 Å². The number of hydrogen-bond donors (Lipinski definition) is 3. The first kappa shape index (κ1) is 11.4. The van der Waals surface area contributed by atoms with Crippen LogP contribution in [-0.4, -0.2) is 23.0 Å².